The normalized spacial score (nSPS) is 9.50. The number of rotatable bonds is 6. The summed E-state index contributed by atoms with van der Waals surface area (Å²) < 4.78 is 0. The highest BCUT2D eigenvalue weighted by atomic mass is 32.1. The van der Waals surface area contributed by atoms with Crippen LogP contribution >= 0.6 is 12.2 Å². The highest BCUT2D eigenvalue weighted by Crippen LogP contribution is 2.00. The molecule has 0 atom stereocenters. The molecule has 0 amide bonds. The van der Waals surface area contributed by atoms with Crippen LogP contribution in [0.4, 0.5) is 0 Å². The molecule has 0 unspecified atom stereocenters. The van der Waals surface area contributed by atoms with E-state index in [4.69, 9.17) is 12.2 Å². The third-order valence-corrected chi connectivity index (χ3v) is 2.14. The number of unbranched alkanes of at least 4 members (excludes halogenated alkanes) is 4. The summed E-state index contributed by atoms with van der Waals surface area (Å²) >= 11 is 4.93. The van der Waals surface area contributed by atoms with Gasteiger partial charge in [-0.15, -0.1) is 0 Å². The van der Waals surface area contributed by atoms with E-state index in [-0.39, 0.29) is 0 Å². The van der Waals surface area contributed by atoms with Gasteiger partial charge in [-0.1, -0.05) is 32.6 Å². The molecular weight excluding hydrogens is 168 g/mol. The average molecular weight is 188 g/mol. The lowest BCUT2D eigenvalue weighted by Gasteiger charge is -2.05. The minimum Gasteiger partial charge on any atom is -0.366 e. The van der Waals surface area contributed by atoms with Crippen LogP contribution in [0.3, 0.4) is 0 Å². The van der Waals surface area contributed by atoms with Crippen molar-refractivity contribution >= 4 is 17.3 Å². The maximum Gasteiger partial charge on any atom is 0.166 e. The Labute approximate surface area is 81.1 Å². The zero-order valence-corrected chi connectivity index (χ0v) is 8.97. The van der Waals surface area contributed by atoms with Gasteiger partial charge in [-0.3, -0.25) is 0 Å². The molecule has 0 saturated carbocycles. The van der Waals surface area contributed by atoms with E-state index in [0.717, 1.165) is 11.7 Å². The molecule has 0 radical (unpaired) electrons. The van der Waals surface area contributed by atoms with E-state index in [0.29, 0.717) is 0 Å². The van der Waals surface area contributed by atoms with Gasteiger partial charge in [0.1, 0.15) is 0 Å². The summed E-state index contributed by atoms with van der Waals surface area (Å²) in [6.07, 6.45) is 6.55. The van der Waals surface area contributed by atoms with Crippen LogP contribution in [0.2, 0.25) is 0 Å². The second-order valence-electron chi connectivity index (χ2n) is 2.92. The maximum atomic E-state index is 4.93. The summed E-state index contributed by atoms with van der Waals surface area (Å²) in [5.74, 6) is 0. The fourth-order valence-corrected chi connectivity index (χ4v) is 1.12. The van der Waals surface area contributed by atoms with E-state index in [9.17, 15) is 0 Å². The largest absolute Gasteiger partial charge is 0.366 e. The molecule has 0 aromatic carbocycles. The molecule has 0 saturated heterocycles. The van der Waals surface area contributed by atoms with Crippen LogP contribution in [0, 0.1) is 0 Å². The van der Waals surface area contributed by atoms with E-state index < -0.39 is 0 Å². The van der Waals surface area contributed by atoms with Crippen molar-refractivity contribution in [2.75, 3.05) is 13.6 Å². The van der Waals surface area contributed by atoms with Crippen LogP contribution in [0.1, 0.15) is 39.0 Å². The Morgan fingerprint density at radius 2 is 1.83 bits per heavy atom. The molecule has 0 aliphatic heterocycles. The van der Waals surface area contributed by atoms with E-state index in [1.807, 2.05) is 7.05 Å². The average Bonchev–Trinajstić information content (AvgIpc) is 2.10. The van der Waals surface area contributed by atoms with E-state index >= 15 is 0 Å². The molecule has 0 spiro atoms. The topological polar surface area (TPSA) is 24.1 Å². The lowest BCUT2D eigenvalue weighted by Crippen LogP contribution is -2.32. The van der Waals surface area contributed by atoms with Gasteiger partial charge in [0.05, 0.1) is 0 Å². The van der Waals surface area contributed by atoms with Gasteiger partial charge in [0.25, 0.3) is 0 Å². The van der Waals surface area contributed by atoms with Gasteiger partial charge in [-0.05, 0) is 18.6 Å². The lowest BCUT2D eigenvalue weighted by atomic mass is 10.1. The molecule has 0 aliphatic rings. The Morgan fingerprint density at radius 1 is 1.17 bits per heavy atom. The lowest BCUT2D eigenvalue weighted by molar-refractivity contribution is 0.623. The molecule has 0 aromatic heterocycles. The molecule has 0 fully saturated rings. The molecule has 0 aliphatic carbocycles. The second kappa shape index (κ2) is 8.78. The van der Waals surface area contributed by atoms with Crippen LogP contribution in [-0.4, -0.2) is 18.7 Å². The summed E-state index contributed by atoms with van der Waals surface area (Å²) in [4.78, 5) is 0. The molecule has 72 valence electrons. The molecule has 0 bridgehead atoms. The number of hydrogen-bond acceptors (Lipinski definition) is 1. The Bertz CT molecular complexity index is 115. The zero-order chi connectivity index (χ0) is 9.23. The van der Waals surface area contributed by atoms with E-state index in [2.05, 4.69) is 17.6 Å². The van der Waals surface area contributed by atoms with Gasteiger partial charge in [0.15, 0.2) is 5.11 Å². The quantitative estimate of drug-likeness (QED) is 0.493. The highest BCUT2D eigenvalue weighted by Gasteiger charge is 1.90. The third kappa shape index (κ3) is 7.79. The Morgan fingerprint density at radius 3 is 2.42 bits per heavy atom. The van der Waals surface area contributed by atoms with Gasteiger partial charge in [-0.2, -0.15) is 0 Å². The van der Waals surface area contributed by atoms with Crippen molar-refractivity contribution in [1.29, 1.82) is 0 Å². The minimum atomic E-state index is 0.755. The summed E-state index contributed by atoms with van der Waals surface area (Å²) in [5.41, 5.74) is 0. The zero-order valence-electron chi connectivity index (χ0n) is 8.15. The SMILES string of the molecule is CCCCCCCNC(=S)NC. The van der Waals surface area contributed by atoms with Crippen molar-refractivity contribution in [3.8, 4) is 0 Å². The second-order valence-corrected chi connectivity index (χ2v) is 3.33. The standard InChI is InChI=1S/C9H20N2S/c1-3-4-5-6-7-8-11-9(12)10-2/h3-8H2,1-2H3,(H2,10,11,12). The monoisotopic (exact) mass is 188 g/mol. The van der Waals surface area contributed by atoms with Gasteiger partial charge in [0, 0.05) is 13.6 Å². The van der Waals surface area contributed by atoms with Gasteiger partial charge in [0.2, 0.25) is 0 Å². The number of hydrogen-bond donors (Lipinski definition) is 2. The predicted molar refractivity (Wildman–Crippen MR) is 58.4 cm³/mol. The van der Waals surface area contributed by atoms with Gasteiger partial charge >= 0.3 is 0 Å². The molecule has 0 aromatic rings. The number of thiocarbonyl (C=S) groups is 1. The maximum absolute atomic E-state index is 4.93. The first-order valence-corrected chi connectivity index (χ1v) is 5.17. The van der Waals surface area contributed by atoms with E-state index in [1.54, 1.807) is 0 Å². The predicted octanol–water partition coefficient (Wildman–Crippen LogP) is 2.05. The highest BCUT2D eigenvalue weighted by molar-refractivity contribution is 7.80. The Balaban J connectivity index is 2.95. The first-order valence-electron chi connectivity index (χ1n) is 4.76. The van der Waals surface area contributed by atoms with E-state index in [1.165, 1.54) is 32.1 Å². The fourth-order valence-electron chi connectivity index (χ4n) is 1.02. The number of nitrogens with one attached hydrogen (secondary N) is 2. The van der Waals surface area contributed by atoms with Crippen molar-refractivity contribution < 1.29 is 0 Å². The first kappa shape index (κ1) is 11.7. The van der Waals surface area contributed by atoms with Crippen LogP contribution < -0.4 is 10.6 Å². The molecule has 12 heavy (non-hydrogen) atoms. The summed E-state index contributed by atoms with van der Waals surface area (Å²) in [5, 5.41) is 6.77. The molecule has 2 N–H and O–H groups in total. The van der Waals surface area contributed by atoms with Crippen molar-refractivity contribution in [3.05, 3.63) is 0 Å². The van der Waals surface area contributed by atoms with Crippen molar-refractivity contribution in [2.45, 2.75) is 39.0 Å². The van der Waals surface area contributed by atoms with Crippen LogP contribution in [0.15, 0.2) is 0 Å². The first-order chi connectivity index (χ1) is 5.81. The van der Waals surface area contributed by atoms with Gasteiger partial charge in [-0.25, -0.2) is 0 Å². The van der Waals surface area contributed by atoms with Crippen LogP contribution in [0.25, 0.3) is 0 Å². The summed E-state index contributed by atoms with van der Waals surface area (Å²) in [7, 11) is 1.84. The van der Waals surface area contributed by atoms with Crippen molar-refractivity contribution in [1.82, 2.24) is 10.6 Å². The Hall–Kier alpha value is -0.310. The summed E-state index contributed by atoms with van der Waals surface area (Å²) in [6, 6.07) is 0. The third-order valence-electron chi connectivity index (χ3n) is 1.79. The fraction of sp³-hybridized carbons (Fsp3) is 0.889. The molecule has 0 rings (SSSR count). The smallest absolute Gasteiger partial charge is 0.166 e. The molecule has 2 nitrogen and oxygen atoms in total. The summed E-state index contributed by atoms with van der Waals surface area (Å²) in [6.45, 7) is 3.23. The van der Waals surface area contributed by atoms with Crippen molar-refractivity contribution in [2.24, 2.45) is 0 Å². The van der Waals surface area contributed by atoms with Crippen LogP contribution in [-0.2, 0) is 0 Å². The van der Waals surface area contributed by atoms with Crippen molar-refractivity contribution in [3.63, 3.8) is 0 Å². The molecular formula is C9H20N2S. The molecule has 0 heterocycles. The minimum absolute atomic E-state index is 0.755. The Kier molecular flexibility index (Phi) is 8.56. The molecule has 3 heteroatoms. The van der Waals surface area contributed by atoms with Crippen LogP contribution in [0.5, 0.6) is 0 Å². The van der Waals surface area contributed by atoms with Gasteiger partial charge < -0.3 is 10.6 Å².